The lowest BCUT2D eigenvalue weighted by Crippen LogP contribution is -2.41. The molecule has 0 heterocycles. The van der Waals surface area contributed by atoms with Crippen LogP contribution in [0.5, 0.6) is 0 Å². The Morgan fingerprint density at radius 1 is 1.30 bits per heavy atom. The van der Waals surface area contributed by atoms with E-state index in [0.29, 0.717) is 11.4 Å². The SMILES string of the molecule is CN(C(=O)OC(C)(C)C)[C@@H](C=CC(=O)O)Cc1ccc(Cl)cc1. The van der Waals surface area contributed by atoms with Crippen molar-refractivity contribution < 1.29 is 19.4 Å². The molecule has 5 nitrogen and oxygen atoms in total. The Labute approximate surface area is 141 Å². The molecule has 1 rings (SSSR count). The second-order valence-corrected chi connectivity index (χ2v) is 6.62. The highest BCUT2D eigenvalue weighted by molar-refractivity contribution is 6.30. The molecule has 0 aliphatic carbocycles. The second kappa shape index (κ2) is 8.02. The summed E-state index contributed by atoms with van der Waals surface area (Å²) in [5.74, 6) is -1.07. The molecule has 0 radical (unpaired) electrons. The van der Waals surface area contributed by atoms with Crippen molar-refractivity contribution in [3.63, 3.8) is 0 Å². The highest BCUT2D eigenvalue weighted by Crippen LogP contribution is 2.16. The van der Waals surface area contributed by atoms with Crippen LogP contribution in [-0.2, 0) is 16.0 Å². The summed E-state index contributed by atoms with van der Waals surface area (Å²) in [6.45, 7) is 5.33. The zero-order valence-corrected chi connectivity index (χ0v) is 14.5. The Balaban J connectivity index is 2.92. The van der Waals surface area contributed by atoms with Crippen molar-refractivity contribution in [2.45, 2.75) is 38.8 Å². The number of carboxylic acid groups (broad SMARTS) is 1. The standard InChI is InChI=1S/C17H22ClNO4/c1-17(2,3)23-16(22)19(4)14(9-10-15(20)21)11-12-5-7-13(18)8-6-12/h5-10,14H,11H2,1-4H3,(H,20,21)/t14-/m0/s1. The maximum absolute atomic E-state index is 12.2. The van der Waals surface area contributed by atoms with Gasteiger partial charge in [0.15, 0.2) is 0 Å². The van der Waals surface area contributed by atoms with E-state index >= 15 is 0 Å². The minimum absolute atomic E-state index is 0.442. The number of benzene rings is 1. The van der Waals surface area contributed by atoms with E-state index in [0.717, 1.165) is 11.6 Å². The Morgan fingerprint density at radius 2 is 1.87 bits per heavy atom. The van der Waals surface area contributed by atoms with Crippen LogP contribution in [0.15, 0.2) is 36.4 Å². The van der Waals surface area contributed by atoms with E-state index in [4.69, 9.17) is 21.4 Å². The smallest absolute Gasteiger partial charge is 0.410 e. The van der Waals surface area contributed by atoms with Gasteiger partial charge >= 0.3 is 12.1 Å². The number of hydrogen-bond donors (Lipinski definition) is 1. The number of carbonyl (C=O) groups is 2. The highest BCUT2D eigenvalue weighted by atomic mass is 35.5. The van der Waals surface area contributed by atoms with Gasteiger partial charge in [-0.05, 0) is 44.9 Å². The fourth-order valence-corrected chi connectivity index (χ4v) is 1.98. The van der Waals surface area contributed by atoms with E-state index in [1.54, 1.807) is 40.0 Å². The number of aliphatic carboxylic acids is 1. The Hall–Kier alpha value is -2.01. The number of amides is 1. The van der Waals surface area contributed by atoms with E-state index in [-0.39, 0.29) is 0 Å². The Bertz CT molecular complexity index is 575. The molecule has 0 saturated carbocycles. The first kappa shape index (κ1) is 19.0. The zero-order chi connectivity index (χ0) is 17.6. The van der Waals surface area contributed by atoms with Crippen molar-refractivity contribution in [2.75, 3.05) is 7.05 Å². The lowest BCUT2D eigenvalue weighted by Gasteiger charge is -2.29. The van der Waals surface area contributed by atoms with Gasteiger partial charge < -0.3 is 14.7 Å². The summed E-state index contributed by atoms with van der Waals surface area (Å²) < 4.78 is 5.33. The van der Waals surface area contributed by atoms with Gasteiger partial charge in [0.05, 0.1) is 6.04 Å². The van der Waals surface area contributed by atoms with Gasteiger partial charge in [-0.25, -0.2) is 9.59 Å². The monoisotopic (exact) mass is 339 g/mol. The van der Waals surface area contributed by atoms with Crippen LogP contribution in [0.1, 0.15) is 26.3 Å². The van der Waals surface area contributed by atoms with Crippen LogP contribution in [0.2, 0.25) is 5.02 Å². The number of halogens is 1. The van der Waals surface area contributed by atoms with Crippen molar-refractivity contribution in [1.29, 1.82) is 0 Å². The Morgan fingerprint density at radius 3 is 2.35 bits per heavy atom. The minimum atomic E-state index is -1.07. The lowest BCUT2D eigenvalue weighted by atomic mass is 10.0. The molecule has 1 atom stereocenters. The van der Waals surface area contributed by atoms with Gasteiger partial charge in [-0.1, -0.05) is 29.8 Å². The molecule has 0 unspecified atom stereocenters. The van der Waals surface area contributed by atoms with Crippen LogP contribution in [0.4, 0.5) is 4.79 Å². The lowest BCUT2D eigenvalue weighted by molar-refractivity contribution is -0.131. The zero-order valence-electron chi connectivity index (χ0n) is 13.7. The average molecular weight is 340 g/mol. The van der Waals surface area contributed by atoms with E-state index in [2.05, 4.69) is 0 Å². The van der Waals surface area contributed by atoms with Gasteiger partial charge in [-0.15, -0.1) is 0 Å². The number of carboxylic acids is 1. The molecule has 1 aromatic carbocycles. The summed E-state index contributed by atoms with van der Waals surface area (Å²) in [5.41, 5.74) is 0.317. The van der Waals surface area contributed by atoms with Crippen LogP contribution in [-0.4, -0.2) is 40.8 Å². The molecule has 1 aromatic rings. The summed E-state index contributed by atoms with van der Waals surface area (Å²) in [4.78, 5) is 24.4. The molecular formula is C17H22ClNO4. The van der Waals surface area contributed by atoms with Gasteiger partial charge in [0.1, 0.15) is 5.60 Å². The fourth-order valence-electron chi connectivity index (χ4n) is 1.86. The van der Waals surface area contributed by atoms with E-state index in [1.807, 2.05) is 12.1 Å². The topological polar surface area (TPSA) is 66.8 Å². The molecule has 0 spiro atoms. The largest absolute Gasteiger partial charge is 0.478 e. The Kier molecular flexibility index (Phi) is 6.63. The molecule has 0 saturated heterocycles. The molecule has 23 heavy (non-hydrogen) atoms. The van der Waals surface area contributed by atoms with Crippen LogP contribution in [0.25, 0.3) is 0 Å². The first-order chi connectivity index (χ1) is 10.6. The third-order valence-corrected chi connectivity index (χ3v) is 3.25. The quantitative estimate of drug-likeness (QED) is 0.829. The maximum atomic E-state index is 12.2. The third kappa shape index (κ3) is 7.19. The van der Waals surface area contributed by atoms with E-state index in [9.17, 15) is 9.59 Å². The van der Waals surface area contributed by atoms with Gasteiger partial charge in [-0.3, -0.25) is 0 Å². The first-order valence-electron chi connectivity index (χ1n) is 7.20. The summed E-state index contributed by atoms with van der Waals surface area (Å²) in [6, 6.07) is 6.74. The predicted octanol–water partition coefficient (Wildman–Crippen LogP) is 3.76. The van der Waals surface area contributed by atoms with Crippen LogP contribution in [0, 0.1) is 0 Å². The molecule has 0 aliphatic rings. The summed E-state index contributed by atoms with van der Waals surface area (Å²) in [6.07, 6.45) is 2.45. The van der Waals surface area contributed by atoms with Crippen molar-refractivity contribution in [2.24, 2.45) is 0 Å². The molecule has 1 N–H and O–H groups in total. The van der Waals surface area contributed by atoms with Crippen molar-refractivity contribution in [3.05, 3.63) is 47.0 Å². The number of carbonyl (C=O) groups excluding carboxylic acids is 1. The number of likely N-dealkylation sites (N-methyl/N-ethyl adjacent to an activating group) is 1. The predicted molar refractivity (Wildman–Crippen MR) is 89.7 cm³/mol. The molecule has 0 aromatic heterocycles. The molecule has 0 bridgehead atoms. The maximum Gasteiger partial charge on any atom is 0.410 e. The molecule has 126 valence electrons. The van der Waals surface area contributed by atoms with Gasteiger partial charge in [0, 0.05) is 18.1 Å². The highest BCUT2D eigenvalue weighted by Gasteiger charge is 2.24. The molecule has 0 fully saturated rings. The molecule has 6 heteroatoms. The van der Waals surface area contributed by atoms with Crippen LogP contribution in [0.3, 0.4) is 0 Å². The summed E-state index contributed by atoms with van der Waals surface area (Å²) in [5, 5.41) is 9.45. The van der Waals surface area contributed by atoms with E-state index < -0.39 is 23.7 Å². The van der Waals surface area contributed by atoms with Gasteiger partial charge in [-0.2, -0.15) is 0 Å². The van der Waals surface area contributed by atoms with Crippen molar-refractivity contribution in [1.82, 2.24) is 4.90 Å². The molecule has 0 aliphatic heterocycles. The second-order valence-electron chi connectivity index (χ2n) is 6.19. The number of rotatable bonds is 5. The summed E-state index contributed by atoms with van der Waals surface area (Å²) >= 11 is 5.86. The van der Waals surface area contributed by atoms with Crippen molar-refractivity contribution >= 4 is 23.7 Å². The number of hydrogen-bond acceptors (Lipinski definition) is 3. The van der Waals surface area contributed by atoms with Gasteiger partial charge in [0.2, 0.25) is 0 Å². The molecular weight excluding hydrogens is 318 g/mol. The molecule has 1 amide bonds. The van der Waals surface area contributed by atoms with Gasteiger partial charge in [0.25, 0.3) is 0 Å². The number of ether oxygens (including phenoxy) is 1. The van der Waals surface area contributed by atoms with Crippen molar-refractivity contribution in [3.8, 4) is 0 Å². The number of nitrogens with zero attached hydrogens (tertiary/aromatic N) is 1. The normalized spacial score (nSPS) is 12.9. The van der Waals surface area contributed by atoms with E-state index in [1.165, 1.54) is 11.0 Å². The fraction of sp³-hybridized carbons (Fsp3) is 0.412. The summed E-state index contributed by atoms with van der Waals surface area (Å²) in [7, 11) is 1.58. The average Bonchev–Trinajstić information content (AvgIpc) is 2.42. The minimum Gasteiger partial charge on any atom is -0.478 e. The van der Waals surface area contributed by atoms with Crippen LogP contribution >= 0.6 is 11.6 Å². The first-order valence-corrected chi connectivity index (χ1v) is 7.57. The third-order valence-electron chi connectivity index (χ3n) is 3.00. The van der Waals surface area contributed by atoms with Crippen LogP contribution < -0.4 is 0 Å².